The molecule has 0 saturated heterocycles. The Kier molecular flexibility index (Phi) is 3.93. The number of ether oxygens (including phenoxy) is 2. The van der Waals surface area contributed by atoms with Crippen LogP contribution in [-0.2, 0) is 18.4 Å². The Hall–Kier alpha value is -2.50. The highest BCUT2D eigenvalue weighted by molar-refractivity contribution is 5.68. The molecule has 2 aromatic rings. The summed E-state index contributed by atoms with van der Waals surface area (Å²) in [6, 6.07) is 7.74. The second-order valence-electron chi connectivity index (χ2n) is 4.46. The summed E-state index contributed by atoms with van der Waals surface area (Å²) in [4.78, 5) is 10.6. The van der Waals surface area contributed by atoms with Crippen LogP contribution in [0.4, 0.5) is 4.79 Å². The van der Waals surface area contributed by atoms with E-state index in [1.807, 2.05) is 31.2 Å². The molecular formula is C14H17N3O3. The molecule has 6 heteroatoms. The molecule has 106 valence electrons. The Balaban J connectivity index is 2.34. The van der Waals surface area contributed by atoms with E-state index < -0.39 is 6.09 Å². The number of aromatic nitrogens is 2. The van der Waals surface area contributed by atoms with Gasteiger partial charge in [0.1, 0.15) is 12.4 Å². The van der Waals surface area contributed by atoms with Gasteiger partial charge in [-0.3, -0.25) is 4.68 Å². The molecule has 0 bridgehead atoms. The standard InChI is InChI=1S/C14H17N3O3/c1-9-4-5-11(13(6-9)19-3)12-7-10(17(2)16-12)8-20-14(15)18/h4-7H,8H2,1-3H3,(H2,15,18). The van der Waals surface area contributed by atoms with E-state index in [2.05, 4.69) is 5.10 Å². The summed E-state index contributed by atoms with van der Waals surface area (Å²) in [7, 11) is 3.40. The lowest BCUT2D eigenvalue weighted by Crippen LogP contribution is -2.13. The maximum absolute atomic E-state index is 10.6. The molecule has 1 amide bonds. The van der Waals surface area contributed by atoms with E-state index in [9.17, 15) is 4.79 Å². The average molecular weight is 275 g/mol. The second kappa shape index (κ2) is 5.64. The summed E-state index contributed by atoms with van der Waals surface area (Å²) in [5, 5.41) is 4.40. The van der Waals surface area contributed by atoms with Crippen molar-refractivity contribution >= 4 is 6.09 Å². The predicted octanol–water partition coefficient (Wildman–Crippen LogP) is 2.00. The van der Waals surface area contributed by atoms with Gasteiger partial charge in [-0.2, -0.15) is 5.10 Å². The van der Waals surface area contributed by atoms with E-state index in [4.69, 9.17) is 15.2 Å². The molecule has 0 unspecified atom stereocenters. The predicted molar refractivity (Wildman–Crippen MR) is 74.3 cm³/mol. The number of methoxy groups -OCH3 is 1. The third-order valence-electron chi connectivity index (χ3n) is 2.97. The Labute approximate surface area is 117 Å². The first-order chi connectivity index (χ1) is 9.51. The Morgan fingerprint density at radius 2 is 2.15 bits per heavy atom. The first-order valence-corrected chi connectivity index (χ1v) is 6.11. The largest absolute Gasteiger partial charge is 0.496 e. The number of hydrogen-bond donors (Lipinski definition) is 1. The second-order valence-corrected chi connectivity index (χ2v) is 4.46. The zero-order valence-electron chi connectivity index (χ0n) is 11.7. The first-order valence-electron chi connectivity index (χ1n) is 6.11. The maximum atomic E-state index is 10.6. The monoisotopic (exact) mass is 275 g/mol. The highest BCUT2D eigenvalue weighted by atomic mass is 16.5. The van der Waals surface area contributed by atoms with Gasteiger partial charge in [0.25, 0.3) is 0 Å². The molecule has 0 aliphatic rings. The minimum Gasteiger partial charge on any atom is -0.496 e. The maximum Gasteiger partial charge on any atom is 0.404 e. The summed E-state index contributed by atoms with van der Waals surface area (Å²) < 4.78 is 11.8. The van der Waals surface area contributed by atoms with E-state index >= 15 is 0 Å². The Morgan fingerprint density at radius 3 is 2.80 bits per heavy atom. The van der Waals surface area contributed by atoms with Crippen LogP contribution in [0.3, 0.4) is 0 Å². The Morgan fingerprint density at radius 1 is 1.40 bits per heavy atom. The van der Waals surface area contributed by atoms with Gasteiger partial charge < -0.3 is 15.2 Å². The highest BCUT2D eigenvalue weighted by Gasteiger charge is 2.12. The van der Waals surface area contributed by atoms with E-state index in [0.29, 0.717) is 0 Å². The number of nitrogens with two attached hydrogens (primary N) is 1. The van der Waals surface area contributed by atoms with Crippen molar-refractivity contribution in [3.05, 3.63) is 35.5 Å². The third kappa shape index (κ3) is 2.90. The third-order valence-corrected chi connectivity index (χ3v) is 2.97. The van der Waals surface area contributed by atoms with Gasteiger partial charge in [0.15, 0.2) is 0 Å². The van der Waals surface area contributed by atoms with Gasteiger partial charge >= 0.3 is 6.09 Å². The topological polar surface area (TPSA) is 79.4 Å². The van der Waals surface area contributed by atoms with Crippen LogP contribution in [0.5, 0.6) is 5.75 Å². The van der Waals surface area contributed by atoms with Crippen LogP contribution in [-0.4, -0.2) is 23.0 Å². The molecule has 6 nitrogen and oxygen atoms in total. The number of hydrogen-bond acceptors (Lipinski definition) is 4. The SMILES string of the molecule is COc1cc(C)ccc1-c1cc(COC(N)=O)n(C)n1. The fourth-order valence-corrected chi connectivity index (χ4v) is 1.93. The fraction of sp³-hybridized carbons (Fsp3) is 0.286. The van der Waals surface area contributed by atoms with Crippen molar-refractivity contribution in [3.63, 3.8) is 0 Å². The van der Waals surface area contributed by atoms with Crippen molar-refractivity contribution in [1.82, 2.24) is 9.78 Å². The molecule has 2 N–H and O–H groups in total. The zero-order valence-corrected chi connectivity index (χ0v) is 11.7. The van der Waals surface area contributed by atoms with Gasteiger partial charge in [-0.25, -0.2) is 4.79 Å². The minimum absolute atomic E-state index is 0.0903. The van der Waals surface area contributed by atoms with Crippen molar-refractivity contribution in [2.45, 2.75) is 13.5 Å². The number of benzene rings is 1. The summed E-state index contributed by atoms with van der Waals surface area (Å²) >= 11 is 0. The van der Waals surface area contributed by atoms with Gasteiger partial charge in [0.2, 0.25) is 0 Å². The van der Waals surface area contributed by atoms with Gasteiger partial charge in [-0.1, -0.05) is 6.07 Å². The zero-order chi connectivity index (χ0) is 14.7. The van der Waals surface area contributed by atoms with Gasteiger partial charge in [0.05, 0.1) is 18.5 Å². The molecule has 1 heterocycles. The van der Waals surface area contributed by atoms with Crippen LogP contribution < -0.4 is 10.5 Å². The fourth-order valence-electron chi connectivity index (χ4n) is 1.93. The van der Waals surface area contributed by atoms with Gasteiger partial charge in [-0.15, -0.1) is 0 Å². The normalized spacial score (nSPS) is 10.3. The summed E-state index contributed by atoms with van der Waals surface area (Å²) in [5.74, 6) is 0.755. The molecule has 0 saturated carbocycles. The molecule has 2 rings (SSSR count). The lowest BCUT2D eigenvalue weighted by Gasteiger charge is -2.06. The van der Waals surface area contributed by atoms with Crippen LogP contribution in [0.15, 0.2) is 24.3 Å². The molecule has 0 atom stereocenters. The van der Waals surface area contributed by atoms with Crippen molar-refractivity contribution in [2.24, 2.45) is 12.8 Å². The van der Waals surface area contributed by atoms with Crippen molar-refractivity contribution in [1.29, 1.82) is 0 Å². The molecule has 0 aliphatic heterocycles. The summed E-state index contributed by atoms with van der Waals surface area (Å²) in [6.45, 7) is 2.09. The summed E-state index contributed by atoms with van der Waals surface area (Å²) in [6.07, 6.45) is -0.805. The lowest BCUT2D eigenvalue weighted by molar-refractivity contribution is 0.147. The minimum atomic E-state index is -0.805. The number of rotatable bonds is 4. The molecule has 1 aromatic heterocycles. The first kappa shape index (κ1) is 13.9. The Bertz CT molecular complexity index is 635. The molecular weight excluding hydrogens is 258 g/mol. The molecule has 0 fully saturated rings. The van der Waals surface area contributed by atoms with Crippen LogP contribution in [0.25, 0.3) is 11.3 Å². The van der Waals surface area contributed by atoms with Gasteiger partial charge in [0, 0.05) is 12.6 Å². The number of amides is 1. The quantitative estimate of drug-likeness (QED) is 0.925. The van der Waals surface area contributed by atoms with E-state index in [-0.39, 0.29) is 6.61 Å². The van der Waals surface area contributed by atoms with Crippen LogP contribution in [0.1, 0.15) is 11.3 Å². The molecule has 1 aromatic carbocycles. The molecule has 0 aliphatic carbocycles. The summed E-state index contributed by atoms with van der Waals surface area (Å²) in [5.41, 5.74) is 8.47. The van der Waals surface area contributed by atoms with Gasteiger partial charge in [-0.05, 0) is 30.7 Å². The number of nitrogens with zero attached hydrogens (tertiary/aromatic N) is 2. The van der Waals surface area contributed by atoms with Crippen LogP contribution >= 0.6 is 0 Å². The van der Waals surface area contributed by atoms with Crippen molar-refractivity contribution in [2.75, 3.05) is 7.11 Å². The lowest BCUT2D eigenvalue weighted by atomic mass is 10.1. The number of carbonyl (C=O) groups is 1. The molecule has 0 radical (unpaired) electrons. The van der Waals surface area contributed by atoms with E-state index in [1.165, 1.54) is 0 Å². The number of carbonyl (C=O) groups excluding carboxylic acids is 1. The molecule has 20 heavy (non-hydrogen) atoms. The van der Waals surface area contributed by atoms with Crippen LogP contribution in [0, 0.1) is 6.92 Å². The van der Waals surface area contributed by atoms with Crippen molar-refractivity contribution < 1.29 is 14.3 Å². The number of aryl methyl sites for hydroxylation is 2. The number of primary amides is 1. The highest BCUT2D eigenvalue weighted by Crippen LogP contribution is 2.30. The average Bonchev–Trinajstić information content (AvgIpc) is 2.77. The van der Waals surface area contributed by atoms with Crippen LogP contribution in [0.2, 0.25) is 0 Å². The van der Waals surface area contributed by atoms with E-state index in [1.54, 1.807) is 18.8 Å². The van der Waals surface area contributed by atoms with E-state index in [0.717, 1.165) is 28.3 Å². The molecule has 0 spiro atoms. The van der Waals surface area contributed by atoms with Crippen molar-refractivity contribution in [3.8, 4) is 17.0 Å². The smallest absolute Gasteiger partial charge is 0.404 e.